The van der Waals surface area contributed by atoms with Crippen molar-refractivity contribution in [1.29, 1.82) is 0 Å². The molecule has 0 saturated carbocycles. The number of halogens is 2. The molecular formula is C17H29ClIN3O3. The van der Waals surface area contributed by atoms with Crippen molar-refractivity contribution in [2.24, 2.45) is 4.99 Å². The number of nitrogens with one attached hydrogen (secondary N) is 2. The van der Waals surface area contributed by atoms with E-state index < -0.39 is 0 Å². The van der Waals surface area contributed by atoms with Gasteiger partial charge < -0.3 is 24.8 Å². The topological polar surface area (TPSA) is 64.1 Å². The van der Waals surface area contributed by atoms with Gasteiger partial charge in [0.2, 0.25) is 0 Å². The summed E-state index contributed by atoms with van der Waals surface area (Å²) in [6.45, 7) is 7.83. The summed E-state index contributed by atoms with van der Waals surface area (Å²) in [5.41, 5.74) is 0. The molecule has 0 saturated heterocycles. The van der Waals surface area contributed by atoms with Crippen molar-refractivity contribution in [1.82, 2.24) is 10.6 Å². The van der Waals surface area contributed by atoms with E-state index in [4.69, 9.17) is 25.8 Å². The smallest absolute Gasteiger partial charge is 0.191 e. The SMILES string of the molecule is CCNC(=NCC(C)Oc1ccc(Cl)cc1)NCCOCCOC.I. The maximum absolute atomic E-state index is 5.86. The number of nitrogens with zero attached hydrogens (tertiary/aromatic N) is 1. The normalized spacial score (nSPS) is 12.2. The molecule has 0 aliphatic carbocycles. The molecule has 1 aromatic carbocycles. The standard InChI is InChI=1S/C17H28ClN3O3.HI/c1-4-19-17(20-9-10-23-12-11-22-3)21-13-14(2)24-16-7-5-15(18)6-8-16;/h5-8,14H,4,9-13H2,1-3H3,(H2,19,20,21);1H. The third-order valence-corrected chi connectivity index (χ3v) is 3.22. The van der Waals surface area contributed by atoms with Gasteiger partial charge in [-0.1, -0.05) is 11.6 Å². The van der Waals surface area contributed by atoms with E-state index in [1.54, 1.807) is 7.11 Å². The molecule has 2 N–H and O–H groups in total. The fourth-order valence-electron chi connectivity index (χ4n) is 1.83. The Morgan fingerprint density at radius 1 is 1.16 bits per heavy atom. The van der Waals surface area contributed by atoms with Crippen molar-refractivity contribution in [3.05, 3.63) is 29.3 Å². The molecule has 1 aromatic rings. The second-order valence-corrected chi connectivity index (χ2v) is 5.57. The quantitative estimate of drug-likeness (QED) is 0.218. The molecule has 1 unspecified atom stereocenters. The first-order chi connectivity index (χ1) is 11.7. The molecule has 6 nitrogen and oxygen atoms in total. The molecule has 1 atom stereocenters. The number of hydrogen-bond donors (Lipinski definition) is 2. The van der Waals surface area contributed by atoms with Crippen LogP contribution < -0.4 is 15.4 Å². The third-order valence-electron chi connectivity index (χ3n) is 2.97. The molecule has 0 spiro atoms. The van der Waals surface area contributed by atoms with Crippen LogP contribution in [0.4, 0.5) is 0 Å². The van der Waals surface area contributed by atoms with E-state index in [0.29, 0.717) is 37.9 Å². The summed E-state index contributed by atoms with van der Waals surface area (Å²) < 4.78 is 16.1. The summed E-state index contributed by atoms with van der Waals surface area (Å²) in [7, 11) is 1.66. The van der Waals surface area contributed by atoms with Crippen molar-refractivity contribution in [3.8, 4) is 5.75 Å². The molecule has 8 heteroatoms. The lowest BCUT2D eigenvalue weighted by atomic mass is 10.3. The van der Waals surface area contributed by atoms with Gasteiger partial charge in [-0.2, -0.15) is 0 Å². The lowest BCUT2D eigenvalue weighted by Crippen LogP contribution is -2.39. The first-order valence-electron chi connectivity index (χ1n) is 8.16. The van der Waals surface area contributed by atoms with E-state index >= 15 is 0 Å². The largest absolute Gasteiger partial charge is 0.489 e. The second kappa shape index (κ2) is 15.5. The Hall–Kier alpha value is -0.770. The highest BCUT2D eigenvalue weighted by Gasteiger charge is 2.04. The van der Waals surface area contributed by atoms with E-state index in [1.165, 1.54) is 0 Å². The summed E-state index contributed by atoms with van der Waals surface area (Å²) >= 11 is 5.86. The van der Waals surface area contributed by atoms with Crippen LogP contribution in [0.2, 0.25) is 5.02 Å². The number of ether oxygens (including phenoxy) is 3. The number of rotatable bonds is 11. The fraction of sp³-hybridized carbons (Fsp3) is 0.588. The number of methoxy groups -OCH3 is 1. The van der Waals surface area contributed by atoms with Crippen molar-refractivity contribution < 1.29 is 14.2 Å². The Morgan fingerprint density at radius 2 is 1.88 bits per heavy atom. The van der Waals surface area contributed by atoms with Crippen LogP contribution in [0.1, 0.15) is 13.8 Å². The number of aliphatic imine (C=N–C) groups is 1. The Morgan fingerprint density at radius 3 is 2.52 bits per heavy atom. The van der Waals surface area contributed by atoms with Crippen molar-refractivity contribution in [3.63, 3.8) is 0 Å². The van der Waals surface area contributed by atoms with Crippen LogP contribution in [0, 0.1) is 0 Å². The fourth-order valence-corrected chi connectivity index (χ4v) is 1.96. The van der Waals surface area contributed by atoms with Crippen LogP contribution >= 0.6 is 35.6 Å². The molecule has 144 valence electrons. The molecule has 0 fully saturated rings. The van der Waals surface area contributed by atoms with Crippen molar-refractivity contribution in [2.75, 3.05) is 46.6 Å². The van der Waals surface area contributed by atoms with Gasteiger partial charge in [0, 0.05) is 25.2 Å². The minimum absolute atomic E-state index is 0. The summed E-state index contributed by atoms with van der Waals surface area (Å²) in [4.78, 5) is 4.52. The van der Waals surface area contributed by atoms with E-state index in [9.17, 15) is 0 Å². The minimum atomic E-state index is -0.0421. The lowest BCUT2D eigenvalue weighted by molar-refractivity contribution is 0.0733. The first-order valence-corrected chi connectivity index (χ1v) is 8.54. The Balaban J connectivity index is 0.00000576. The summed E-state index contributed by atoms with van der Waals surface area (Å²) in [5.74, 6) is 1.53. The van der Waals surface area contributed by atoms with E-state index in [-0.39, 0.29) is 30.1 Å². The van der Waals surface area contributed by atoms with Gasteiger partial charge in [0.15, 0.2) is 5.96 Å². The zero-order chi connectivity index (χ0) is 17.6. The summed E-state index contributed by atoms with van der Waals surface area (Å²) in [5, 5.41) is 7.12. The summed E-state index contributed by atoms with van der Waals surface area (Å²) in [6, 6.07) is 7.32. The highest BCUT2D eigenvalue weighted by Crippen LogP contribution is 2.16. The van der Waals surface area contributed by atoms with Gasteiger partial charge in [-0.05, 0) is 38.1 Å². The Bertz CT molecular complexity index is 475. The van der Waals surface area contributed by atoms with Crippen LogP contribution in [0.5, 0.6) is 5.75 Å². The summed E-state index contributed by atoms with van der Waals surface area (Å²) in [6.07, 6.45) is -0.0421. The Kier molecular flexibility index (Phi) is 15.0. The molecule has 25 heavy (non-hydrogen) atoms. The predicted molar refractivity (Wildman–Crippen MR) is 114 cm³/mol. The van der Waals surface area contributed by atoms with Gasteiger partial charge in [-0.3, -0.25) is 0 Å². The second-order valence-electron chi connectivity index (χ2n) is 5.13. The van der Waals surface area contributed by atoms with Crippen LogP contribution in [0.25, 0.3) is 0 Å². The molecule has 0 aliphatic rings. The molecule has 0 radical (unpaired) electrons. The molecule has 0 bridgehead atoms. The van der Waals surface area contributed by atoms with Crippen molar-refractivity contribution >= 4 is 41.5 Å². The minimum Gasteiger partial charge on any atom is -0.489 e. The molecule has 1 rings (SSSR count). The van der Waals surface area contributed by atoms with Crippen molar-refractivity contribution in [2.45, 2.75) is 20.0 Å². The molecule has 0 heterocycles. The molecule has 0 aliphatic heterocycles. The van der Waals surface area contributed by atoms with Crippen LogP contribution in [-0.4, -0.2) is 58.6 Å². The molecular weight excluding hydrogens is 457 g/mol. The number of benzene rings is 1. The highest BCUT2D eigenvalue weighted by atomic mass is 127. The number of hydrogen-bond acceptors (Lipinski definition) is 4. The van der Waals surface area contributed by atoms with Crippen LogP contribution in [-0.2, 0) is 9.47 Å². The highest BCUT2D eigenvalue weighted by molar-refractivity contribution is 14.0. The maximum Gasteiger partial charge on any atom is 0.191 e. The first kappa shape index (κ1) is 24.2. The van der Waals surface area contributed by atoms with E-state index in [0.717, 1.165) is 18.3 Å². The van der Waals surface area contributed by atoms with Gasteiger partial charge in [0.05, 0.1) is 26.4 Å². The van der Waals surface area contributed by atoms with E-state index in [1.807, 2.05) is 38.1 Å². The average Bonchev–Trinajstić information content (AvgIpc) is 2.57. The van der Waals surface area contributed by atoms with Gasteiger partial charge in [-0.25, -0.2) is 4.99 Å². The van der Waals surface area contributed by atoms with Crippen LogP contribution in [0.15, 0.2) is 29.3 Å². The van der Waals surface area contributed by atoms with Gasteiger partial charge >= 0.3 is 0 Å². The Labute approximate surface area is 172 Å². The van der Waals surface area contributed by atoms with E-state index in [2.05, 4.69) is 15.6 Å². The number of guanidine groups is 1. The lowest BCUT2D eigenvalue weighted by Gasteiger charge is -2.15. The van der Waals surface area contributed by atoms with Gasteiger partial charge in [-0.15, -0.1) is 24.0 Å². The van der Waals surface area contributed by atoms with Gasteiger partial charge in [0.25, 0.3) is 0 Å². The molecule has 0 amide bonds. The van der Waals surface area contributed by atoms with Crippen LogP contribution in [0.3, 0.4) is 0 Å². The zero-order valence-corrected chi connectivity index (χ0v) is 18.2. The third kappa shape index (κ3) is 12.3. The predicted octanol–water partition coefficient (Wildman–Crippen LogP) is 2.94. The monoisotopic (exact) mass is 485 g/mol. The van der Waals surface area contributed by atoms with Gasteiger partial charge in [0.1, 0.15) is 11.9 Å². The molecule has 0 aromatic heterocycles. The zero-order valence-electron chi connectivity index (χ0n) is 15.1. The maximum atomic E-state index is 5.86. The average molecular weight is 486 g/mol.